The molecule has 0 aromatic rings. The highest BCUT2D eigenvalue weighted by atomic mass is 16.5. The van der Waals surface area contributed by atoms with Crippen molar-refractivity contribution in [1.29, 1.82) is 0 Å². The molecule has 0 spiro atoms. The van der Waals surface area contributed by atoms with E-state index in [-0.39, 0.29) is 5.97 Å². The monoisotopic (exact) mass is 308 g/mol. The molecule has 1 unspecified atom stereocenters. The van der Waals surface area contributed by atoms with E-state index in [2.05, 4.69) is 13.0 Å². The van der Waals surface area contributed by atoms with E-state index in [9.17, 15) is 9.90 Å². The first-order chi connectivity index (χ1) is 10.3. The summed E-state index contributed by atoms with van der Waals surface area (Å²) in [5, 5.41) is 9.79. The maximum Gasteiger partial charge on any atom is 0.331 e. The van der Waals surface area contributed by atoms with E-state index < -0.39 is 5.60 Å². The van der Waals surface area contributed by atoms with Crippen LogP contribution in [-0.2, 0) is 9.53 Å². The lowest BCUT2D eigenvalue weighted by Gasteiger charge is -2.20. The number of rotatable bonds is 9. The molecule has 0 amide bonds. The van der Waals surface area contributed by atoms with Crippen LogP contribution >= 0.6 is 0 Å². The summed E-state index contributed by atoms with van der Waals surface area (Å²) in [5.41, 5.74) is 1.99. The summed E-state index contributed by atoms with van der Waals surface area (Å²) < 4.78 is 4.96. The Balaban J connectivity index is 2.45. The molecule has 1 rings (SSSR count). The van der Waals surface area contributed by atoms with Crippen molar-refractivity contribution < 1.29 is 14.6 Å². The molecule has 0 aliphatic heterocycles. The van der Waals surface area contributed by atoms with Crippen LogP contribution in [0.4, 0.5) is 0 Å². The molecular weight excluding hydrogens is 276 g/mol. The lowest BCUT2D eigenvalue weighted by atomic mass is 9.89. The zero-order valence-corrected chi connectivity index (χ0v) is 14.7. The van der Waals surface area contributed by atoms with E-state index >= 15 is 0 Å². The third kappa shape index (κ3) is 7.79. The molecule has 0 fully saturated rings. The van der Waals surface area contributed by atoms with Gasteiger partial charge in [-0.05, 0) is 57.9 Å². The summed E-state index contributed by atoms with van der Waals surface area (Å²) in [6.07, 6.45) is 11.2. The Bertz CT molecular complexity index is 413. The molecule has 126 valence electrons. The number of esters is 1. The van der Waals surface area contributed by atoms with Crippen molar-refractivity contribution in [3.8, 4) is 0 Å². The second kappa shape index (κ2) is 9.14. The first-order valence-corrected chi connectivity index (χ1v) is 8.63. The van der Waals surface area contributed by atoms with E-state index in [0.717, 1.165) is 44.1 Å². The Morgan fingerprint density at radius 1 is 1.41 bits per heavy atom. The highest BCUT2D eigenvalue weighted by molar-refractivity contribution is 5.83. The molecule has 22 heavy (non-hydrogen) atoms. The van der Waals surface area contributed by atoms with Gasteiger partial charge in [0.1, 0.15) is 0 Å². The number of hydrogen-bond donors (Lipinski definition) is 1. The van der Waals surface area contributed by atoms with E-state index in [1.807, 2.05) is 20.8 Å². The van der Waals surface area contributed by atoms with Gasteiger partial charge in [-0.1, -0.05) is 37.8 Å². The van der Waals surface area contributed by atoms with Crippen LogP contribution in [0.1, 0.15) is 72.6 Å². The number of carbonyl (C=O) groups excluding carboxylic acids is 1. The zero-order valence-electron chi connectivity index (χ0n) is 14.7. The third-order valence-electron chi connectivity index (χ3n) is 4.24. The fourth-order valence-electron chi connectivity index (χ4n) is 2.97. The predicted molar refractivity (Wildman–Crippen MR) is 90.6 cm³/mol. The molecule has 0 aromatic carbocycles. The van der Waals surface area contributed by atoms with Crippen LogP contribution in [0.3, 0.4) is 0 Å². The van der Waals surface area contributed by atoms with Crippen LogP contribution in [0, 0.1) is 5.92 Å². The number of ether oxygens (including phenoxy) is 1. The third-order valence-corrected chi connectivity index (χ3v) is 4.24. The van der Waals surface area contributed by atoms with E-state index in [1.165, 1.54) is 12.0 Å². The largest absolute Gasteiger partial charge is 0.463 e. The summed E-state index contributed by atoms with van der Waals surface area (Å²) in [6, 6.07) is 0. The topological polar surface area (TPSA) is 46.5 Å². The molecule has 0 saturated carbocycles. The van der Waals surface area contributed by atoms with Crippen molar-refractivity contribution in [3.63, 3.8) is 0 Å². The quantitative estimate of drug-likeness (QED) is 0.502. The van der Waals surface area contributed by atoms with Crippen LogP contribution in [0.5, 0.6) is 0 Å². The van der Waals surface area contributed by atoms with Gasteiger partial charge >= 0.3 is 5.97 Å². The van der Waals surface area contributed by atoms with Crippen molar-refractivity contribution in [2.75, 3.05) is 6.61 Å². The van der Waals surface area contributed by atoms with Crippen molar-refractivity contribution in [3.05, 3.63) is 23.3 Å². The van der Waals surface area contributed by atoms with Crippen LogP contribution in [0.2, 0.25) is 0 Å². The molecule has 1 aliphatic carbocycles. The lowest BCUT2D eigenvalue weighted by Crippen LogP contribution is -2.18. The molecule has 1 aliphatic rings. The first-order valence-electron chi connectivity index (χ1n) is 8.63. The first kappa shape index (κ1) is 19.0. The van der Waals surface area contributed by atoms with Crippen LogP contribution < -0.4 is 0 Å². The van der Waals surface area contributed by atoms with Gasteiger partial charge in [0.05, 0.1) is 12.2 Å². The minimum Gasteiger partial charge on any atom is -0.463 e. The van der Waals surface area contributed by atoms with Gasteiger partial charge in [0.2, 0.25) is 0 Å². The molecule has 3 heteroatoms. The van der Waals surface area contributed by atoms with Crippen LogP contribution in [0.15, 0.2) is 23.3 Å². The Hall–Kier alpha value is -1.09. The van der Waals surface area contributed by atoms with Gasteiger partial charge in [-0.25, -0.2) is 4.79 Å². The van der Waals surface area contributed by atoms with Gasteiger partial charge in [0.15, 0.2) is 0 Å². The van der Waals surface area contributed by atoms with Crippen molar-refractivity contribution in [2.45, 2.75) is 78.2 Å². The molecule has 0 radical (unpaired) electrons. The number of aliphatic hydroxyl groups is 1. The molecule has 0 heterocycles. The van der Waals surface area contributed by atoms with Crippen LogP contribution in [-0.4, -0.2) is 23.3 Å². The van der Waals surface area contributed by atoms with Gasteiger partial charge < -0.3 is 9.84 Å². The fraction of sp³-hybridized carbons (Fsp3) is 0.737. The maximum atomic E-state index is 11.5. The predicted octanol–water partition coefficient (Wildman–Crippen LogP) is 4.55. The lowest BCUT2D eigenvalue weighted by molar-refractivity contribution is -0.137. The van der Waals surface area contributed by atoms with E-state index in [1.54, 1.807) is 6.08 Å². The summed E-state index contributed by atoms with van der Waals surface area (Å²) in [7, 11) is 0. The summed E-state index contributed by atoms with van der Waals surface area (Å²) >= 11 is 0. The molecule has 1 N–H and O–H groups in total. The average molecular weight is 308 g/mol. The number of allylic oxidation sites excluding steroid dienone is 3. The Morgan fingerprint density at radius 3 is 2.73 bits per heavy atom. The van der Waals surface area contributed by atoms with Crippen molar-refractivity contribution >= 4 is 5.97 Å². The molecule has 1 atom stereocenters. The summed E-state index contributed by atoms with van der Waals surface area (Å²) in [6.45, 7) is 8.24. The van der Waals surface area contributed by atoms with Crippen molar-refractivity contribution in [1.82, 2.24) is 0 Å². The Morgan fingerprint density at radius 2 is 2.14 bits per heavy atom. The average Bonchev–Trinajstić information content (AvgIpc) is 2.83. The molecule has 3 nitrogen and oxygen atoms in total. The van der Waals surface area contributed by atoms with E-state index in [4.69, 9.17) is 4.74 Å². The minimum absolute atomic E-state index is 0.229. The minimum atomic E-state index is -0.555. The SMILES string of the molecule is CCOC(=O)/C=C1/C=C(CC(CC)CCCC(C)(C)O)CC1. The van der Waals surface area contributed by atoms with Crippen molar-refractivity contribution in [2.24, 2.45) is 5.92 Å². The van der Waals surface area contributed by atoms with Gasteiger partial charge in [0.25, 0.3) is 0 Å². The second-order valence-corrected chi connectivity index (χ2v) is 6.96. The zero-order chi connectivity index (χ0) is 16.6. The Labute approximate surface area is 135 Å². The van der Waals surface area contributed by atoms with E-state index in [0.29, 0.717) is 12.5 Å². The summed E-state index contributed by atoms with van der Waals surface area (Å²) in [5.74, 6) is 0.447. The highest BCUT2D eigenvalue weighted by Gasteiger charge is 2.17. The maximum absolute atomic E-state index is 11.5. The standard InChI is InChI=1S/C19H32O3/c1-5-15(8-7-11-19(3,4)21)12-16-9-10-17(13-16)14-18(20)22-6-2/h13-15,21H,5-12H2,1-4H3/b17-14+. The molecule has 0 saturated heterocycles. The van der Waals surface area contributed by atoms with Crippen LogP contribution in [0.25, 0.3) is 0 Å². The molecular formula is C19H32O3. The molecule has 0 bridgehead atoms. The Kier molecular flexibility index (Phi) is 7.88. The fourth-order valence-corrected chi connectivity index (χ4v) is 2.97. The smallest absolute Gasteiger partial charge is 0.331 e. The summed E-state index contributed by atoms with van der Waals surface area (Å²) in [4.78, 5) is 11.5. The van der Waals surface area contributed by atoms with Gasteiger partial charge in [-0.3, -0.25) is 0 Å². The number of hydrogen-bond acceptors (Lipinski definition) is 3. The molecule has 0 aromatic heterocycles. The second-order valence-electron chi connectivity index (χ2n) is 6.96. The normalized spacial score (nSPS) is 18.4. The van der Waals surface area contributed by atoms with Gasteiger partial charge in [-0.15, -0.1) is 0 Å². The van der Waals surface area contributed by atoms with Gasteiger partial charge in [-0.2, -0.15) is 0 Å². The number of carbonyl (C=O) groups is 1. The highest BCUT2D eigenvalue weighted by Crippen LogP contribution is 2.31. The van der Waals surface area contributed by atoms with Gasteiger partial charge in [0, 0.05) is 6.08 Å².